The van der Waals surface area contributed by atoms with E-state index in [-0.39, 0.29) is 29.7 Å². The van der Waals surface area contributed by atoms with Crippen LogP contribution in [-0.2, 0) is 19.8 Å². The molecule has 1 saturated heterocycles. The Balaban J connectivity index is 1.55. The van der Waals surface area contributed by atoms with Crippen molar-refractivity contribution in [3.63, 3.8) is 0 Å². The second-order valence-corrected chi connectivity index (χ2v) is 11.0. The largest absolute Gasteiger partial charge is 0.443 e. The molecular weight excluding hydrogens is 518 g/mol. The number of hydrogen-bond donors (Lipinski definition) is 3. The first-order chi connectivity index (χ1) is 18.0. The van der Waals surface area contributed by atoms with E-state index in [0.717, 1.165) is 12.1 Å². The van der Waals surface area contributed by atoms with Crippen molar-refractivity contribution in [3.05, 3.63) is 71.3 Å². The number of hydrazine groups is 1. The van der Waals surface area contributed by atoms with E-state index in [0.29, 0.717) is 11.3 Å². The van der Waals surface area contributed by atoms with Crippen LogP contribution in [0.3, 0.4) is 0 Å². The maximum atomic E-state index is 15.1. The molecule has 2 heterocycles. The van der Waals surface area contributed by atoms with Gasteiger partial charge in [0.05, 0.1) is 6.61 Å². The Morgan fingerprint density at radius 2 is 1.84 bits per heavy atom. The standard InChI is InChI=1S/C26H28F2N4O5S/c1-25(2,3)37-24(35)32-31-22(34)20-11-16-13-38-23(29-21(33)15-7-5-4-6-8-15)30-26(16,14-36-20)18-10-9-17(27)12-19(18)28/h4-10,12,16,20H,11,13-14H2,1-3H3,(H,31,34)(H,32,35)(H,29,30,33). The summed E-state index contributed by atoms with van der Waals surface area (Å²) in [5.74, 6) is -2.58. The minimum atomic E-state index is -1.31. The number of thioether (sulfide) groups is 1. The highest BCUT2D eigenvalue weighted by Gasteiger charge is 2.51. The molecule has 202 valence electrons. The summed E-state index contributed by atoms with van der Waals surface area (Å²) >= 11 is 1.26. The molecule has 12 heteroatoms. The maximum absolute atomic E-state index is 15.1. The first-order valence-electron chi connectivity index (χ1n) is 11.9. The molecule has 0 radical (unpaired) electrons. The highest BCUT2D eigenvalue weighted by atomic mass is 32.2. The number of benzene rings is 2. The Bertz CT molecular complexity index is 1250. The van der Waals surface area contributed by atoms with Gasteiger partial charge in [0.2, 0.25) is 0 Å². The van der Waals surface area contributed by atoms with Gasteiger partial charge in [0.1, 0.15) is 28.9 Å². The Hall–Kier alpha value is -3.51. The summed E-state index contributed by atoms with van der Waals surface area (Å²) < 4.78 is 39.7. The third kappa shape index (κ3) is 6.30. The lowest BCUT2D eigenvalue weighted by Gasteiger charge is -2.46. The molecule has 3 amide bonds. The highest BCUT2D eigenvalue weighted by Crippen LogP contribution is 2.47. The predicted molar refractivity (Wildman–Crippen MR) is 137 cm³/mol. The number of rotatable bonds is 3. The minimum Gasteiger partial charge on any atom is -0.443 e. The van der Waals surface area contributed by atoms with Crippen molar-refractivity contribution in [2.24, 2.45) is 10.9 Å². The molecule has 1 fully saturated rings. The average molecular weight is 547 g/mol. The Labute approximate surface area is 222 Å². The molecule has 0 saturated carbocycles. The van der Waals surface area contributed by atoms with Gasteiger partial charge in [-0.05, 0) is 45.4 Å². The van der Waals surface area contributed by atoms with Gasteiger partial charge in [-0.2, -0.15) is 0 Å². The van der Waals surface area contributed by atoms with Crippen LogP contribution in [0.4, 0.5) is 13.6 Å². The lowest BCUT2D eigenvalue weighted by Crippen LogP contribution is -2.56. The van der Waals surface area contributed by atoms with Crippen molar-refractivity contribution in [2.45, 2.75) is 44.4 Å². The molecule has 0 aromatic heterocycles. The van der Waals surface area contributed by atoms with Gasteiger partial charge in [-0.15, -0.1) is 0 Å². The Morgan fingerprint density at radius 1 is 1.11 bits per heavy atom. The van der Waals surface area contributed by atoms with Crippen LogP contribution >= 0.6 is 11.8 Å². The van der Waals surface area contributed by atoms with Gasteiger partial charge in [-0.25, -0.2) is 24.0 Å². The summed E-state index contributed by atoms with van der Waals surface area (Å²) in [6.07, 6.45) is -1.67. The number of carbonyl (C=O) groups is 3. The highest BCUT2D eigenvalue weighted by molar-refractivity contribution is 8.13. The van der Waals surface area contributed by atoms with Gasteiger partial charge in [-0.3, -0.25) is 15.0 Å². The average Bonchev–Trinajstić information content (AvgIpc) is 2.86. The van der Waals surface area contributed by atoms with Crippen molar-refractivity contribution in [2.75, 3.05) is 12.4 Å². The summed E-state index contributed by atoms with van der Waals surface area (Å²) in [5.41, 5.74) is 2.93. The van der Waals surface area contributed by atoms with Crippen LogP contribution in [-0.4, -0.2) is 47.1 Å². The third-order valence-electron chi connectivity index (χ3n) is 6.03. The van der Waals surface area contributed by atoms with E-state index in [2.05, 4.69) is 16.2 Å². The first kappa shape index (κ1) is 27.5. The van der Waals surface area contributed by atoms with Crippen LogP contribution in [0.2, 0.25) is 0 Å². The number of amides is 3. The number of carbonyl (C=O) groups excluding carboxylic acids is 3. The van der Waals surface area contributed by atoms with E-state index in [1.165, 1.54) is 17.8 Å². The number of nitrogens with one attached hydrogen (secondary N) is 3. The van der Waals surface area contributed by atoms with E-state index in [1.54, 1.807) is 51.1 Å². The van der Waals surface area contributed by atoms with E-state index in [1.807, 2.05) is 0 Å². The molecule has 4 rings (SSSR count). The minimum absolute atomic E-state index is 0.0985. The molecule has 2 aromatic rings. The molecule has 9 nitrogen and oxygen atoms in total. The molecule has 2 aliphatic heterocycles. The normalized spacial score (nSPS) is 22.9. The Morgan fingerprint density at radius 3 is 2.53 bits per heavy atom. The van der Waals surface area contributed by atoms with Crippen molar-refractivity contribution >= 4 is 34.8 Å². The number of nitrogens with zero attached hydrogens (tertiary/aromatic N) is 1. The van der Waals surface area contributed by atoms with E-state index in [4.69, 9.17) is 14.5 Å². The SMILES string of the molecule is CC(C)(C)OC(=O)NNC(=O)C1CC2CSC(NC(=O)c3ccccc3)=NC2(c2ccc(F)cc2F)CO1. The van der Waals surface area contributed by atoms with Gasteiger partial charge in [0, 0.05) is 28.9 Å². The smallest absolute Gasteiger partial charge is 0.426 e. The molecule has 2 aliphatic rings. The van der Waals surface area contributed by atoms with Crippen LogP contribution in [0.1, 0.15) is 43.1 Å². The zero-order valence-corrected chi connectivity index (χ0v) is 21.9. The first-order valence-corrected chi connectivity index (χ1v) is 12.9. The van der Waals surface area contributed by atoms with Crippen LogP contribution in [0, 0.1) is 17.6 Å². The maximum Gasteiger partial charge on any atom is 0.426 e. The van der Waals surface area contributed by atoms with Crippen LogP contribution < -0.4 is 16.2 Å². The zero-order valence-electron chi connectivity index (χ0n) is 21.0. The summed E-state index contributed by atoms with van der Waals surface area (Å²) in [5, 5.41) is 3.02. The van der Waals surface area contributed by atoms with Crippen molar-refractivity contribution < 1.29 is 32.6 Å². The molecule has 38 heavy (non-hydrogen) atoms. The fourth-order valence-electron chi connectivity index (χ4n) is 4.29. The van der Waals surface area contributed by atoms with Crippen molar-refractivity contribution in [1.82, 2.24) is 16.2 Å². The van der Waals surface area contributed by atoms with E-state index in [9.17, 15) is 18.8 Å². The molecule has 3 unspecified atom stereocenters. The lowest BCUT2D eigenvalue weighted by molar-refractivity contribution is -0.143. The van der Waals surface area contributed by atoms with Crippen LogP contribution in [0.25, 0.3) is 0 Å². The number of ether oxygens (including phenoxy) is 2. The summed E-state index contributed by atoms with van der Waals surface area (Å²) in [4.78, 5) is 42.0. The molecule has 2 aromatic carbocycles. The quantitative estimate of drug-likeness (QED) is 0.506. The number of halogens is 2. The number of aliphatic imine (C=N–C) groups is 1. The van der Waals surface area contributed by atoms with Crippen LogP contribution in [0.5, 0.6) is 0 Å². The summed E-state index contributed by atoms with van der Waals surface area (Å²) in [7, 11) is 0. The van der Waals surface area contributed by atoms with Crippen molar-refractivity contribution in [3.8, 4) is 0 Å². The van der Waals surface area contributed by atoms with E-state index >= 15 is 4.39 Å². The van der Waals surface area contributed by atoms with Gasteiger partial charge < -0.3 is 14.8 Å². The monoisotopic (exact) mass is 546 g/mol. The van der Waals surface area contributed by atoms with Gasteiger partial charge in [-0.1, -0.05) is 36.0 Å². The fraction of sp³-hybridized carbons (Fsp3) is 0.385. The number of fused-ring (bicyclic) bond motifs is 1. The van der Waals surface area contributed by atoms with Gasteiger partial charge in [0.15, 0.2) is 5.17 Å². The topological polar surface area (TPSA) is 118 Å². The molecule has 0 aliphatic carbocycles. The molecule has 0 spiro atoms. The zero-order chi connectivity index (χ0) is 27.5. The Kier molecular flexibility index (Phi) is 8.02. The van der Waals surface area contributed by atoms with E-state index < -0.39 is 46.8 Å². The summed E-state index contributed by atoms with van der Waals surface area (Å²) in [6, 6.07) is 11.8. The molecular formula is C26H28F2N4O5S. The summed E-state index contributed by atoms with van der Waals surface area (Å²) in [6.45, 7) is 4.84. The van der Waals surface area contributed by atoms with Gasteiger partial charge in [0.25, 0.3) is 11.8 Å². The number of amidine groups is 1. The molecule has 3 N–H and O–H groups in total. The number of hydrogen-bond acceptors (Lipinski definition) is 7. The molecule has 3 atom stereocenters. The fourth-order valence-corrected chi connectivity index (χ4v) is 5.45. The predicted octanol–water partition coefficient (Wildman–Crippen LogP) is 3.65. The third-order valence-corrected chi connectivity index (χ3v) is 7.07. The second kappa shape index (κ2) is 11.1. The molecule has 0 bridgehead atoms. The lowest BCUT2D eigenvalue weighted by atomic mass is 9.75. The van der Waals surface area contributed by atoms with Crippen molar-refractivity contribution in [1.29, 1.82) is 0 Å². The second-order valence-electron chi connectivity index (χ2n) is 9.94. The van der Waals surface area contributed by atoms with Gasteiger partial charge >= 0.3 is 6.09 Å². The van der Waals surface area contributed by atoms with Crippen LogP contribution in [0.15, 0.2) is 53.5 Å².